The van der Waals surface area contributed by atoms with Crippen LogP contribution in [0.3, 0.4) is 0 Å². The maximum atomic E-state index is 13.5. The van der Waals surface area contributed by atoms with Crippen LogP contribution in [0.15, 0.2) is 64.6 Å². The number of nitrogens with zero attached hydrogens (tertiary/aromatic N) is 1. The Balaban J connectivity index is 1.38. The van der Waals surface area contributed by atoms with E-state index in [0.29, 0.717) is 6.42 Å². The SMILES string of the molecule is C[C@@H]1C[C@H]2[C@@H]3CCC4=CC(=O)C=C[C@]4(C)C3=CC[C@]2(C)[C@H]1C(=O)COS(=O)(=O)c1ccccc1[N+](=O)[O-]. The van der Waals surface area contributed by atoms with Crippen molar-refractivity contribution in [2.24, 2.45) is 34.5 Å². The molecule has 9 heteroatoms. The van der Waals surface area contributed by atoms with E-state index in [2.05, 4.69) is 19.9 Å². The highest BCUT2D eigenvalue weighted by Gasteiger charge is 2.59. The van der Waals surface area contributed by atoms with Gasteiger partial charge in [0.1, 0.15) is 6.61 Å². The molecule has 6 atom stereocenters. The second kappa shape index (κ2) is 8.84. The quantitative estimate of drug-likeness (QED) is 0.223. The predicted molar refractivity (Wildman–Crippen MR) is 136 cm³/mol. The van der Waals surface area contributed by atoms with E-state index < -0.39 is 32.2 Å². The van der Waals surface area contributed by atoms with E-state index in [1.165, 1.54) is 17.7 Å². The van der Waals surface area contributed by atoms with Gasteiger partial charge in [0.05, 0.1) is 4.92 Å². The number of hydrogen-bond acceptors (Lipinski definition) is 7. The monoisotopic (exact) mass is 525 g/mol. The summed E-state index contributed by atoms with van der Waals surface area (Å²) in [6.07, 6.45) is 11.0. The van der Waals surface area contributed by atoms with Crippen molar-refractivity contribution in [3.63, 3.8) is 0 Å². The second-order valence-corrected chi connectivity index (χ2v) is 12.9. The minimum absolute atomic E-state index is 0.0307. The first-order valence-electron chi connectivity index (χ1n) is 12.7. The Labute approximate surface area is 216 Å². The minimum atomic E-state index is -4.49. The van der Waals surface area contributed by atoms with Crippen molar-refractivity contribution in [2.45, 2.75) is 51.3 Å². The first kappa shape index (κ1) is 25.7. The van der Waals surface area contributed by atoms with Gasteiger partial charge in [0.2, 0.25) is 0 Å². The summed E-state index contributed by atoms with van der Waals surface area (Å²) in [5, 5.41) is 11.3. The summed E-state index contributed by atoms with van der Waals surface area (Å²) in [6, 6.07) is 4.96. The highest BCUT2D eigenvalue weighted by atomic mass is 32.2. The lowest BCUT2D eigenvalue weighted by Gasteiger charge is -2.52. The molecule has 196 valence electrons. The van der Waals surface area contributed by atoms with Crippen LogP contribution in [0.2, 0.25) is 0 Å². The van der Waals surface area contributed by atoms with Crippen LogP contribution in [0.1, 0.15) is 46.5 Å². The largest absolute Gasteiger partial charge is 0.304 e. The molecule has 0 spiro atoms. The van der Waals surface area contributed by atoms with Crippen molar-refractivity contribution < 1.29 is 27.1 Å². The van der Waals surface area contributed by atoms with Gasteiger partial charge in [-0.25, -0.2) is 0 Å². The lowest BCUT2D eigenvalue weighted by Crippen LogP contribution is -2.45. The number of carbonyl (C=O) groups is 2. The number of Topliss-reactive ketones (excluding diaryl/α,β-unsaturated/α-hetero) is 1. The molecule has 1 aromatic carbocycles. The molecular formula is C28H31NO7S. The average Bonchev–Trinajstić information content (AvgIpc) is 3.13. The molecule has 0 aromatic heterocycles. The van der Waals surface area contributed by atoms with E-state index in [9.17, 15) is 28.1 Å². The summed E-state index contributed by atoms with van der Waals surface area (Å²) >= 11 is 0. The third-order valence-electron chi connectivity index (χ3n) is 9.32. The third-order valence-corrected chi connectivity index (χ3v) is 10.6. The van der Waals surface area contributed by atoms with E-state index in [0.717, 1.165) is 37.0 Å². The van der Waals surface area contributed by atoms with Gasteiger partial charge >= 0.3 is 10.1 Å². The Morgan fingerprint density at radius 3 is 2.70 bits per heavy atom. The molecule has 0 N–H and O–H groups in total. The maximum absolute atomic E-state index is 13.5. The number of nitro benzene ring substituents is 1. The van der Waals surface area contributed by atoms with Crippen molar-refractivity contribution in [3.05, 3.63) is 69.8 Å². The lowest BCUT2D eigenvalue weighted by atomic mass is 9.52. The normalized spacial score (nSPS) is 34.6. The Hall–Kier alpha value is -2.91. The summed E-state index contributed by atoms with van der Waals surface area (Å²) in [7, 11) is -4.49. The molecule has 5 rings (SSSR count). The molecule has 0 radical (unpaired) electrons. The molecule has 0 bridgehead atoms. The van der Waals surface area contributed by atoms with Crippen LogP contribution in [0, 0.1) is 44.6 Å². The van der Waals surface area contributed by atoms with Gasteiger partial charge < -0.3 is 0 Å². The molecule has 0 saturated heterocycles. The number of para-hydroxylation sites is 1. The molecular weight excluding hydrogens is 494 g/mol. The Bertz CT molecular complexity index is 1390. The topological polar surface area (TPSA) is 121 Å². The van der Waals surface area contributed by atoms with Crippen molar-refractivity contribution in [1.29, 1.82) is 0 Å². The van der Waals surface area contributed by atoms with Gasteiger partial charge in [-0.15, -0.1) is 0 Å². The highest BCUT2D eigenvalue weighted by molar-refractivity contribution is 7.87. The van der Waals surface area contributed by atoms with Crippen LogP contribution < -0.4 is 0 Å². The molecule has 4 aliphatic carbocycles. The summed E-state index contributed by atoms with van der Waals surface area (Å²) in [5.74, 6) is -0.0565. The maximum Gasteiger partial charge on any atom is 0.304 e. The van der Waals surface area contributed by atoms with Crippen LogP contribution in [-0.2, 0) is 23.9 Å². The molecule has 4 aliphatic rings. The van der Waals surface area contributed by atoms with E-state index in [1.54, 1.807) is 12.2 Å². The zero-order chi connectivity index (χ0) is 26.8. The molecule has 1 aromatic rings. The van der Waals surface area contributed by atoms with Gasteiger partial charge in [0.25, 0.3) is 5.69 Å². The molecule has 0 unspecified atom stereocenters. The zero-order valence-corrected chi connectivity index (χ0v) is 22.0. The van der Waals surface area contributed by atoms with Crippen LogP contribution in [0.25, 0.3) is 0 Å². The first-order chi connectivity index (χ1) is 17.4. The van der Waals surface area contributed by atoms with Gasteiger partial charge in [0, 0.05) is 17.4 Å². The molecule has 0 amide bonds. The van der Waals surface area contributed by atoms with Gasteiger partial charge in [-0.1, -0.05) is 49.3 Å². The van der Waals surface area contributed by atoms with Gasteiger partial charge in [-0.3, -0.25) is 23.9 Å². The number of ketones is 2. The van der Waals surface area contributed by atoms with Crippen LogP contribution >= 0.6 is 0 Å². The van der Waals surface area contributed by atoms with E-state index in [4.69, 9.17) is 4.18 Å². The number of benzene rings is 1. The fourth-order valence-corrected chi connectivity index (χ4v) is 8.73. The number of allylic oxidation sites excluding steroid dienone is 6. The summed E-state index contributed by atoms with van der Waals surface area (Å²) in [6.45, 7) is 5.69. The fraction of sp³-hybridized carbons (Fsp3) is 0.500. The Kier molecular flexibility index (Phi) is 6.15. The van der Waals surface area contributed by atoms with Crippen LogP contribution in [0.4, 0.5) is 5.69 Å². The molecule has 2 fully saturated rings. The smallest absolute Gasteiger partial charge is 0.297 e. The highest BCUT2D eigenvalue weighted by Crippen LogP contribution is 2.65. The van der Waals surface area contributed by atoms with Gasteiger partial charge in [-0.05, 0) is 74.0 Å². The van der Waals surface area contributed by atoms with Crippen molar-refractivity contribution in [2.75, 3.05) is 6.61 Å². The average molecular weight is 526 g/mol. The van der Waals surface area contributed by atoms with Crippen molar-refractivity contribution >= 4 is 27.4 Å². The summed E-state index contributed by atoms with van der Waals surface area (Å²) in [4.78, 5) is 35.4. The summed E-state index contributed by atoms with van der Waals surface area (Å²) < 4.78 is 30.7. The minimum Gasteiger partial charge on any atom is -0.297 e. The van der Waals surface area contributed by atoms with Crippen LogP contribution in [-0.4, -0.2) is 31.5 Å². The fourth-order valence-electron chi connectivity index (χ4n) is 7.68. The molecule has 0 heterocycles. The van der Waals surface area contributed by atoms with E-state index in [1.807, 2.05) is 13.0 Å². The zero-order valence-electron chi connectivity index (χ0n) is 21.2. The number of carbonyl (C=O) groups excluding carboxylic acids is 2. The van der Waals surface area contributed by atoms with Gasteiger partial charge in [0.15, 0.2) is 16.5 Å². The van der Waals surface area contributed by atoms with Gasteiger partial charge in [-0.2, -0.15) is 8.42 Å². The second-order valence-electron chi connectivity index (χ2n) is 11.3. The number of fused-ring (bicyclic) bond motifs is 5. The number of nitro groups is 1. The molecule has 0 aliphatic heterocycles. The van der Waals surface area contributed by atoms with E-state index in [-0.39, 0.29) is 46.1 Å². The Morgan fingerprint density at radius 1 is 1.24 bits per heavy atom. The molecule has 37 heavy (non-hydrogen) atoms. The van der Waals surface area contributed by atoms with Crippen molar-refractivity contribution in [1.82, 2.24) is 0 Å². The van der Waals surface area contributed by atoms with Crippen molar-refractivity contribution in [3.8, 4) is 0 Å². The third kappa shape index (κ3) is 4.03. The van der Waals surface area contributed by atoms with E-state index >= 15 is 0 Å². The number of hydrogen-bond donors (Lipinski definition) is 0. The standard InChI is InChI=1S/C28H31NO7S/c1-17-14-22-20-9-8-18-15-19(30)10-12-27(18,2)21(20)11-13-28(22,3)26(17)24(31)16-36-37(34,35)25-7-5-4-6-23(25)29(32)33/h4-7,10-12,15,17,20,22,26H,8-9,13-14,16H2,1-3H3/t17-,20-,22+,26-,27+,28+/m1/s1. The predicted octanol–water partition coefficient (Wildman–Crippen LogP) is 4.96. The summed E-state index contributed by atoms with van der Waals surface area (Å²) in [5.41, 5.74) is 1.27. The lowest BCUT2D eigenvalue weighted by molar-refractivity contribution is -0.387. The van der Waals surface area contributed by atoms with Crippen LogP contribution in [0.5, 0.6) is 0 Å². The molecule has 8 nitrogen and oxygen atoms in total. The number of rotatable bonds is 6. The first-order valence-corrected chi connectivity index (χ1v) is 14.1. The Morgan fingerprint density at radius 2 is 1.97 bits per heavy atom. The molecule has 2 saturated carbocycles.